The quantitative estimate of drug-likeness (QED) is 0.519. The molecule has 7 heteroatoms. The minimum Gasteiger partial charge on any atom is -0.482 e. The maximum atomic E-state index is 12.4. The van der Waals surface area contributed by atoms with E-state index in [2.05, 4.69) is 0 Å². The molecule has 0 bridgehead atoms. The Hall–Kier alpha value is -3.79. The Morgan fingerprint density at radius 3 is 2.62 bits per heavy atom. The number of nitrogens with zero attached hydrogens (tertiary/aromatic N) is 2. The molecule has 0 aliphatic carbocycles. The number of fused-ring (bicyclic) bond motifs is 1. The van der Waals surface area contributed by atoms with Crippen molar-refractivity contribution in [3.8, 4) is 11.8 Å². The van der Waals surface area contributed by atoms with Gasteiger partial charge in [0.15, 0.2) is 13.2 Å². The number of nitriles is 1. The van der Waals surface area contributed by atoms with Gasteiger partial charge in [-0.1, -0.05) is 30.3 Å². The standard InChI is InChI=1S/C22H20N2O5/c23-10-4-11-24(14-20-7-3-12-27-20)21(25)15-29-22(26)16-28-19-9-8-17-5-1-2-6-18(17)13-19/h1-3,5-9,12-13H,4,11,14-16H2. The highest BCUT2D eigenvalue weighted by Gasteiger charge is 2.17. The molecule has 0 N–H and O–H groups in total. The maximum absolute atomic E-state index is 12.4. The highest BCUT2D eigenvalue weighted by atomic mass is 16.6. The van der Waals surface area contributed by atoms with E-state index in [0.29, 0.717) is 11.5 Å². The van der Waals surface area contributed by atoms with Gasteiger partial charge in [0.1, 0.15) is 11.5 Å². The molecule has 148 valence electrons. The van der Waals surface area contributed by atoms with E-state index in [1.807, 2.05) is 42.5 Å². The van der Waals surface area contributed by atoms with Gasteiger partial charge in [0.25, 0.3) is 5.91 Å². The Kier molecular flexibility index (Phi) is 6.85. The van der Waals surface area contributed by atoms with E-state index in [-0.39, 0.29) is 26.1 Å². The molecule has 0 radical (unpaired) electrons. The van der Waals surface area contributed by atoms with Crippen LogP contribution >= 0.6 is 0 Å². The largest absolute Gasteiger partial charge is 0.482 e. The van der Waals surface area contributed by atoms with Crippen molar-refractivity contribution in [3.05, 3.63) is 66.6 Å². The van der Waals surface area contributed by atoms with E-state index in [0.717, 1.165) is 10.8 Å². The first kappa shape index (κ1) is 20.0. The first-order valence-electron chi connectivity index (χ1n) is 9.10. The van der Waals surface area contributed by atoms with E-state index in [1.54, 1.807) is 18.2 Å². The van der Waals surface area contributed by atoms with Gasteiger partial charge >= 0.3 is 5.97 Å². The number of benzene rings is 2. The summed E-state index contributed by atoms with van der Waals surface area (Å²) in [5.41, 5.74) is 0. The highest BCUT2D eigenvalue weighted by Crippen LogP contribution is 2.20. The lowest BCUT2D eigenvalue weighted by Gasteiger charge is -2.20. The molecule has 1 amide bonds. The molecule has 1 heterocycles. The summed E-state index contributed by atoms with van der Waals surface area (Å²) < 4.78 is 15.7. The summed E-state index contributed by atoms with van der Waals surface area (Å²) in [6.07, 6.45) is 1.68. The predicted octanol–water partition coefficient (Wildman–Crippen LogP) is 3.30. The molecule has 3 rings (SSSR count). The number of esters is 1. The third-order valence-corrected chi connectivity index (χ3v) is 4.21. The Bertz CT molecular complexity index is 1010. The van der Waals surface area contributed by atoms with E-state index in [1.165, 1.54) is 11.2 Å². The van der Waals surface area contributed by atoms with Crippen LogP contribution in [0.15, 0.2) is 65.3 Å². The summed E-state index contributed by atoms with van der Waals surface area (Å²) in [4.78, 5) is 25.7. The average Bonchev–Trinajstić information content (AvgIpc) is 3.26. The summed E-state index contributed by atoms with van der Waals surface area (Å²) in [6.45, 7) is -0.298. The molecular formula is C22H20N2O5. The molecule has 0 saturated carbocycles. The van der Waals surface area contributed by atoms with Crippen molar-refractivity contribution in [1.29, 1.82) is 5.26 Å². The average molecular weight is 392 g/mol. The zero-order valence-electron chi connectivity index (χ0n) is 15.7. The van der Waals surface area contributed by atoms with Gasteiger partial charge in [-0.05, 0) is 35.0 Å². The topological polar surface area (TPSA) is 92.8 Å². The van der Waals surface area contributed by atoms with Gasteiger partial charge in [-0.3, -0.25) is 4.79 Å². The molecule has 0 spiro atoms. The van der Waals surface area contributed by atoms with Crippen molar-refractivity contribution in [3.63, 3.8) is 0 Å². The highest BCUT2D eigenvalue weighted by molar-refractivity contribution is 5.84. The third kappa shape index (κ3) is 5.84. The van der Waals surface area contributed by atoms with Gasteiger partial charge in [-0.2, -0.15) is 5.26 Å². The lowest BCUT2D eigenvalue weighted by Crippen LogP contribution is -2.35. The van der Waals surface area contributed by atoms with Gasteiger partial charge in [-0.25, -0.2) is 4.79 Å². The minimum atomic E-state index is -0.648. The molecule has 0 aliphatic rings. The van der Waals surface area contributed by atoms with E-state index in [4.69, 9.17) is 19.2 Å². The van der Waals surface area contributed by atoms with Gasteiger partial charge in [0.2, 0.25) is 0 Å². The minimum absolute atomic E-state index is 0.172. The fraction of sp³-hybridized carbons (Fsp3) is 0.227. The first-order chi connectivity index (χ1) is 14.2. The van der Waals surface area contributed by atoms with Crippen LogP contribution in [0.3, 0.4) is 0 Å². The molecule has 0 saturated heterocycles. The van der Waals surface area contributed by atoms with Crippen molar-refractivity contribution in [2.45, 2.75) is 13.0 Å². The van der Waals surface area contributed by atoms with Crippen LogP contribution in [0.5, 0.6) is 5.75 Å². The van der Waals surface area contributed by atoms with Crippen LogP contribution in [0.1, 0.15) is 12.2 Å². The summed E-state index contributed by atoms with van der Waals surface area (Å²) in [5, 5.41) is 10.8. The molecule has 0 atom stereocenters. The van der Waals surface area contributed by atoms with Crippen LogP contribution in [-0.2, 0) is 20.9 Å². The van der Waals surface area contributed by atoms with Crippen LogP contribution in [0.25, 0.3) is 10.8 Å². The monoisotopic (exact) mass is 392 g/mol. The molecule has 1 aromatic heterocycles. The summed E-state index contributed by atoms with van der Waals surface area (Å²) >= 11 is 0. The number of carbonyl (C=O) groups excluding carboxylic acids is 2. The number of hydrogen-bond acceptors (Lipinski definition) is 6. The predicted molar refractivity (Wildman–Crippen MR) is 105 cm³/mol. The van der Waals surface area contributed by atoms with Crippen LogP contribution < -0.4 is 4.74 Å². The van der Waals surface area contributed by atoms with Crippen LogP contribution in [0.2, 0.25) is 0 Å². The summed E-state index contributed by atoms with van der Waals surface area (Å²) in [5.74, 6) is 0.0724. The Balaban J connectivity index is 1.48. The Morgan fingerprint density at radius 1 is 1.03 bits per heavy atom. The number of amides is 1. The fourth-order valence-electron chi connectivity index (χ4n) is 2.74. The van der Waals surface area contributed by atoms with E-state index in [9.17, 15) is 9.59 Å². The van der Waals surface area contributed by atoms with Crippen LogP contribution in [0, 0.1) is 11.3 Å². The number of furan rings is 1. The SMILES string of the molecule is N#CCCN(Cc1ccco1)C(=O)COC(=O)COc1ccc2ccccc2c1. The van der Waals surface area contributed by atoms with E-state index < -0.39 is 18.5 Å². The molecule has 7 nitrogen and oxygen atoms in total. The number of hydrogen-bond donors (Lipinski definition) is 0. The zero-order chi connectivity index (χ0) is 20.5. The number of carbonyl (C=O) groups is 2. The molecule has 0 unspecified atom stereocenters. The fourth-order valence-corrected chi connectivity index (χ4v) is 2.74. The lowest BCUT2D eigenvalue weighted by molar-refractivity contribution is -0.154. The van der Waals surface area contributed by atoms with Gasteiger partial charge in [0.05, 0.1) is 25.3 Å². The Morgan fingerprint density at radius 2 is 1.86 bits per heavy atom. The molecule has 0 aliphatic heterocycles. The number of rotatable bonds is 9. The second kappa shape index (κ2) is 9.95. The van der Waals surface area contributed by atoms with Crippen molar-refractivity contribution >= 4 is 22.6 Å². The first-order valence-corrected chi connectivity index (χ1v) is 9.10. The smallest absolute Gasteiger partial charge is 0.344 e. The van der Waals surface area contributed by atoms with Crippen LogP contribution in [-0.4, -0.2) is 36.5 Å². The summed E-state index contributed by atoms with van der Waals surface area (Å²) in [7, 11) is 0. The van der Waals surface area contributed by atoms with Crippen molar-refractivity contribution < 1.29 is 23.5 Å². The molecular weight excluding hydrogens is 372 g/mol. The molecule has 29 heavy (non-hydrogen) atoms. The summed E-state index contributed by atoms with van der Waals surface area (Å²) in [6, 6.07) is 18.8. The van der Waals surface area contributed by atoms with Crippen molar-refractivity contribution in [2.75, 3.05) is 19.8 Å². The second-order valence-corrected chi connectivity index (χ2v) is 6.26. The van der Waals surface area contributed by atoms with Gasteiger partial charge < -0.3 is 18.8 Å². The third-order valence-electron chi connectivity index (χ3n) is 4.21. The zero-order valence-corrected chi connectivity index (χ0v) is 15.7. The van der Waals surface area contributed by atoms with Crippen LogP contribution in [0.4, 0.5) is 0 Å². The number of ether oxygens (including phenoxy) is 2. The van der Waals surface area contributed by atoms with Crippen molar-refractivity contribution in [2.24, 2.45) is 0 Å². The van der Waals surface area contributed by atoms with Crippen molar-refractivity contribution in [1.82, 2.24) is 4.90 Å². The molecule has 2 aromatic carbocycles. The maximum Gasteiger partial charge on any atom is 0.344 e. The van der Waals surface area contributed by atoms with Gasteiger partial charge in [-0.15, -0.1) is 0 Å². The Labute approximate surface area is 168 Å². The second-order valence-electron chi connectivity index (χ2n) is 6.26. The van der Waals surface area contributed by atoms with E-state index >= 15 is 0 Å². The lowest BCUT2D eigenvalue weighted by atomic mass is 10.1. The van der Waals surface area contributed by atoms with Gasteiger partial charge in [0, 0.05) is 6.54 Å². The normalized spacial score (nSPS) is 10.3. The molecule has 0 fully saturated rings. The molecule has 3 aromatic rings.